The number of carboxylic acid groups (broad SMARTS) is 1. The number of hydrogen-bond acceptors (Lipinski definition) is 3. The largest absolute Gasteiger partial charge is 0.482 e. The first-order valence-corrected chi connectivity index (χ1v) is 8.97. The van der Waals surface area contributed by atoms with Gasteiger partial charge in [-0.1, -0.05) is 48.0 Å². The number of carbonyl (C=O) groups excluding carboxylic acids is 1. The van der Waals surface area contributed by atoms with Gasteiger partial charge < -0.3 is 14.4 Å². The second-order valence-electron chi connectivity index (χ2n) is 6.04. The maximum absolute atomic E-state index is 12.7. The molecule has 142 valence electrons. The van der Waals surface area contributed by atoms with Crippen LogP contribution in [0.2, 0.25) is 5.02 Å². The predicted octanol–water partition coefficient (Wildman–Crippen LogP) is 4.55. The van der Waals surface area contributed by atoms with Gasteiger partial charge in [-0.05, 0) is 42.0 Å². The van der Waals surface area contributed by atoms with Gasteiger partial charge in [-0.15, -0.1) is 0 Å². The lowest BCUT2D eigenvalue weighted by atomic mass is 10.1. The topological polar surface area (TPSA) is 68.5 Å². The smallest absolute Gasteiger partial charge is 0.341 e. The fourth-order valence-corrected chi connectivity index (χ4v) is 2.90. The first-order chi connectivity index (χ1) is 13.5. The Morgan fingerprint density at radius 2 is 1.89 bits per heavy atom. The van der Waals surface area contributed by atoms with Crippen LogP contribution in [0.3, 0.4) is 0 Å². The molecule has 0 aliphatic carbocycles. The van der Waals surface area contributed by atoms with Crippen molar-refractivity contribution >= 4 is 29.4 Å². The molecule has 1 N–H and O–H groups in total. The van der Waals surface area contributed by atoms with Crippen molar-refractivity contribution in [3.8, 4) is 5.75 Å². The van der Waals surface area contributed by atoms with Crippen LogP contribution in [0.15, 0.2) is 72.9 Å². The Balaban J connectivity index is 1.69. The third-order valence-corrected chi connectivity index (χ3v) is 4.22. The van der Waals surface area contributed by atoms with Gasteiger partial charge in [0.1, 0.15) is 5.75 Å². The molecule has 0 aliphatic rings. The van der Waals surface area contributed by atoms with Crippen LogP contribution in [-0.4, -0.2) is 28.0 Å². The van der Waals surface area contributed by atoms with Crippen LogP contribution in [0.25, 0.3) is 6.08 Å². The average molecular weight is 396 g/mol. The summed E-state index contributed by atoms with van der Waals surface area (Å²) in [6, 6.07) is 17.6. The minimum atomic E-state index is -1.02. The molecular formula is C22H18ClNO4. The maximum Gasteiger partial charge on any atom is 0.341 e. The van der Waals surface area contributed by atoms with Crippen LogP contribution in [0.1, 0.15) is 21.6 Å². The van der Waals surface area contributed by atoms with Gasteiger partial charge in [0, 0.05) is 23.3 Å². The molecule has 3 aromatic rings. The second kappa shape index (κ2) is 9.06. The molecule has 5 nitrogen and oxygen atoms in total. The highest BCUT2D eigenvalue weighted by atomic mass is 35.5. The van der Waals surface area contributed by atoms with Crippen molar-refractivity contribution in [1.82, 2.24) is 4.57 Å². The number of aromatic nitrogens is 1. The van der Waals surface area contributed by atoms with Crippen LogP contribution < -0.4 is 4.74 Å². The number of aliphatic carboxylic acids is 1. The summed E-state index contributed by atoms with van der Waals surface area (Å²) in [5.74, 6) is -0.627. The van der Waals surface area contributed by atoms with Crippen LogP contribution >= 0.6 is 11.6 Å². The molecule has 0 fully saturated rings. The first kappa shape index (κ1) is 19.5. The Kier molecular flexibility index (Phi) is 6.29. The van der Waals surface area contributed by atoms with E-state index in [2.05, 4.69) is 0 Å². The molecule has 0 bridgehead atoms. The Hall–Kier alpha value is -3.31. The molecule has 1 aromatic heterocycles. The Morgan fingerprint density at radius 3 is 2.68 bits per heavy atom. The van der Waals surface area contributed by atoms with Crippen molar-refractivity contribution in [2.24, 2.45) is 0 Å². The van der Waals surface area contributed by atoms with E-state index in [4.69, 9.17) is 21.4 Å². The quantitative estimate of drug-likeness (QED) is 0.568. The molecule has 1 heterocycles. The molecule has 0 spiro atoms. The number of halogens is 1. The van der Waals surface area contributed by atoms with E-state index in [1.54, 1.807) is 48.5 Å². The van der Waals surface area contributed by atoms with E-state index in [1.807, 2.05) is 35.0 Å². The lowest BCUT2D eigenvalue weighted by Gasteiger charge is -2.07. The van der Waals surface area contributed by atoms with Gasteiger partial charge in [0.15, 0.2) is 6.61 Å². The van der Waals surface area contributed by atoms with Crippen molar-refractivity contribution in [1.29, 1.82) is 0 Å². The molecule has 28 heavy (non-hydrogen) atoms. The minimum absolute atomic E-state index is 0.0926. The van der Waals surface area contributed by atoms with Gasteiger partial charge in [0.05, 0.1) is 5.69 Å². The van der Waals surface area contributed by atoms with Gasteiger partial charge in [0.25, 0.3) is 0 Å². The summed E-state index contributed by atoms with van der Waals surface area (Å²) < 4.78 is 7.03. The molecule has 0 saturated heterocycles. The van der Waals surface area contributed by atoms with Gasteiger partial charge in [0.2, 0.25) is 5.78 Å². The predicted molar refractivity (Wildman–Crippen MR) is 108 cm³/mol. The van der Waals surface area contributed by atoms with Crippen LogP contribution in [0, 0.1) is 0 Å². The monoisotopic (exact) mass is 395 g/mol. The third-order valence-electron chi connectivity index (χ3n) is 3.98. The highest BCUT2D eigenvalue weighted by Crippen LogP contribution is 2.17. The number of ketones is 1. The van der Waals surface area contributed by atoms with E-state index >= 15 is 0 Å². The highest BCUT2D eigenvalue weighted by molar-refractivity contribution is 6.31. The van der Waals surface area contributed by atoms with E-state index in [0.717, 1.165) is 5.56 Å². The molecule has 0 saturated carbocycles. The van der Waals surface area contributed by atoms with Crippen molar-refractivity contribution in [2.45, 2.75) is 6.54 Å². The zero-order valence-corrected chi connectivity index (χ0v) is 15.7. The number of benzene rings is 2. The molecule has 2 aromatic carbocycles. The summed E-state index contributed by atoms with van der Waals surface area (Å²) in [7, 11) is 0. The van der Waals surface area contributed by atoms with Gasteiger partial charge in [-0.25, -0.2) is 4.79 Å². The standard InChI is InChI=1S/C22H18ClNO4/c23-18-8-2-7-17(14-18)22(27)20-10-4-12-24(20)11-3-6-16-5-1-9-19(13-16)28-15-21(25)26/h1-10,12-14H,11,15H2,(H,25,26). The van der Waals surface area contributed by atoms with Gasteiger partial charge in [-0.3, -0.25) is 4.79 Å². The molecule has 0 atom stereocenters. The molecule has 3 rings (SSSR count). The third kappa shape index (κ3) is 5.11. The Labute approximate surface area is 167 Å². The van der Waals surface area contributed by atoms with E-state index in [-0.39, 0.29) is 12.4 Å². The van der Waals surface area contributed by atoms with E-state index in [9.17, 15) is 9.59 Å². The number of allylic oxidation sites excluding steroid dienone is 1. The normalized spacial score (nSPS) is 10.9. The maximum atomic E-state index is 12.7. The molecule has 0 amide bonds. The molecule has 0 unspecified atom stereocenters. The summed E-state index contributed by atoms with van der Waals surface area (Å²) in [5, 5.41) is 9.20. The summed E-state index contributed by atoms with van der Waals surface area (Å²) in [5.41, 5.74) is 1.99. The highest BCUT2D eigenvalue weighted by Gasteiger charge is 2.13. The van der Waals surface area contributed by atoms with Crippen LogP contribution in [0.4, 0.5) is 0 Å². The molecular weight excluding hydrogens is 378 g/mol. The van der Waals surface area contributed by atoms with Gasteiger partial charge in [-0.2, -0.15) is 0 Å². The molecule has 0 radical (unpaired) electrons. The number of hydrogen-bond donors (Lipinski definition) is 1. The summed E-state index contributed by atoms with van der Waals surface area (Å²) in [4.78, 5) is 23.3. The van der Waals surface area contributed by atoms with Crippen molar-refractivity contribution in [3.63, 3.8) is 0 Å². The minimum Gasteiger partial charge on any atom is -0.482 e. The van der Waals surface area contributed by atoms with E-state index in [1.165, 1.54) is 0 Å². The summed E-state index contributed by atoms with van der Waals surface area (Å²) in [6.07, 6.45) is 5.65. The Morgan fingerprint density at radius 1 is 1.07 bits per heavy atom. The summed E-state index contributed by atoms with van der Waals surface area (Å²) >= 11 is 5.98. The average Bonchev–Trinajstić information content (AvgIpc) is 3.14. The lowest BCUT2D eigenvalue weighted by molar-refractivity contribution is -0.139. The van der Waals surface area contributed by atoms with Crippen molar-refractivity contribution in [2.75, 3.05) is 6.61 Å². The van der Waals surface area contributed by atoms with Crippen LogP contribution in [0.5, 0.6) is 5.75 Å². The molecule has 6 heteroatoms. The number of ether oxygens (including phenoxy) is 1. The van der Waals surface area contributed by atoms with E-state index < -0.39 is 5.97 Å². The molecule has 0 aliphatic heterocycles. The lowest BCUT2D eigenvalue weighted by Crippen LogP contribution is -2.09. The zero-order chi connectivity index (χ0) is 19.9. The summed E-state index contributed by atoms with van der Waals surface area (Å²) in [6.45, 7) is 0.125. The first-order valence-electron chi connectivity index (χ1n) is 8.59. The second-order valence-corrected chi connectivity index (χ2v) is 6.48. The van der Waals surface area contributed by atoms with Crippen LogP contribution in [-0.2, 0) is 11.3 Å². The van der Waals surface area contributed by atoms with Crippen molar-refractivity contribution < 1.29 is 19.4 Å². The van der Waals surface area contributed by atoms with Gasteiger partial charge >= 0.3 is 5.97 Å². The van der Waals surface area contributed by atoms with Crippen molar-refractivity contribution in [3.05, 3.63) is 94.8 Å². The zero-order valence-electron chi connectivity index (χ0n) is 14.9. The number of nitrogens with zero attached hydrogens (tertiary/aromatic N) is 1. The fourth-order valence-electron chi connectivity index (χ4n) is 2.71. The fraction of sp³-hybridized carbons (Fsp3) is 0.0909. The number of rotatable bonds is 8. The Bertz CT molecular complexity index is 1020. The SMILES string of the molecule is O=C(O)COc1cccc(C=CCn2cccc2C(=O)c2cccc(Cl)c2)c1. The number of carboxylic acids is 1. The van der Waals surface area contributed by atoms with E-state index in [0.29, 0.717) is 28.6 Å². The number of carbonyl (C=O) groups is 2.